The predicted molar refractivity (Wildman–Crippen MR) is 88.8 cm³/mol. The molecule has 1 saturated heterocycles. The van der Waals surface area contributed by atoms with Gasteiger partial charge in [0.05, 0.1) is 4.92 Å². The van der Waals surface area contributed by atoms with Crippen molar-refractivity contribution < 1.29 is 14.5 Å². The Morgan fingerprint density at radius 1 is 1.43 bits per heavy atom. The zero-order valence-electron chi connectivity index (χ0n) is 13.1. The van der Waals surface area contributed by atoms with Gasteiger partial charge in [0, 0.05) is 25.7 Å². The molecule has 1 aliphatic heterocycles. The van der Waals surface area contributed by atoms with Crippen molar-refractivity contribution in [3.8, 4) is 0 Å². The third kappa shape index (κ3) is 6.03. The van der Waals surface area contributed by atoms with Crippen LogP contribution in [-0.4, -0.2) is 42.6 Å². The molecule has 0 radical (unpaired) electrons. The lowest BCUT2D eigenvalue weighted by molar-refractivity contribution is -0.384. The molecule has 0 spiro atoms. The topological polar surface area (TPSA) is 84.7 Å². The molecule has 1 N–H and O–H groups in total. The Labute approximate surface area is 141 Å². The Kier molecular flexibility index (Phi) is 7.77. The van der Waals surface area contributed by atoms with E-state index in [-0.39, 0.29) is 30.8 Å². The zero-order chi connectivity index (χ0) is 15.9. The van der Waals surface area contributed by atoms with Crippen LogP contribution in [0.4, 0.5) is 10.5 Å². The maximum atomic E-state index is 11.9. The molecule has 1 aromatic rings. The molecule has 23 heavy (non-hydrogen) atoms. The van der Waals surface area contributed by atoms with Crippen LogP contribution in [0.5, 0.6) is 0 Å². The van der Waals surface area contributed by atoms with Crippen LogP contribution in [-0.2, 0) is 11.3 Å². The van der Waals surface area contributed by atoms with Crippen molar-refractivity contribution in [3.63, 3.8) is 0 Å². The lowest BCUT2D eigenvalue weighted by atomic mass is 10.1. The number of hydrogen-bond donors (Lipinski definition) is 1. The maximum absolute atomic E-state index is 11.9. The molecule has 0 bridgehead atoms. The molecule has 1 amide bonds. The molecular formula is C15H22ClN3O4. The number of benzene rings is 1. The highest BCUT2D eigenvalue weighted by Crippen LogP contribution is 2.14. The number of carbonyl (C=O) groups is 1. The molecule has 0 aromatic heterocycles. The lowest BCUT2D eigenvalue weighted by Gasteiger charge is -2.18. The van der Waals surface area contributed by atoms with Crippen molar-refractivity contribution in [3.05, 3.63) is 39.9 Å². The molecule has 1 aliphatic rings. The van der Waals surface area contributed by atoms with E-state index in [4.69, 9.17) is 4.74 Å². The van der Waals surface area contributed by atoms with Crippen molar-refractivity contribution in [1.82, 2.24) is 10.2 Å². The van der Waals surface area contributed by atoms with E-state index in [1.165, 1.54) is 12.1 Å². The van der Waals surface area contributed by atoms with Gasteiger partial charge in [0.2, 0.25) is 0 Å². The summed E-state index contributed by atoms with van der Waals surface area (Å²) in [4.78, 5) is 23.5. The van der Waals surface area contributed by atoms with Crippen LogP contribution in [0.15, 0.2) is 24.3 Å². The molecule has 1 fully saturated rings. The average molecular weight is 344 g/mol. The van der Waals surface area contributed by atoms with Gasteiger partial charge in [-0.3, -0.25) is 10.1 Å². The van der Waals surface area contributed by atoms with Gasteiger partial charge in [0.15, 0.2) is 0 Å². The summed E-state index contributed by atoms with van der Waals surface area (Å²) in [5, 5.41) is 13.9. The number of nitrogens with zero attached hydrogens (tertiary/aromatic N) is 2. The van der Waals surface area contributed by atoms with Gasteiger partial charge in [-0.2, -0.15) is 0 Å². The van der Waals surface area contributed by atoms with Crippen LogP contribution < -0.4 is 5.32 Å². The minimum Gasteiger partial charge on any atom is -0.445 e. The summed E-state index contributed by atoms with van der Waals surface area (Å²) in [6.45, 7) is 2.86. The van der Waals surface area contributed by atoms with E-state index in [9.17, 15) is 14.9 Å². The summed E-state index contributed by atoms with van der Waals surface area (Å²) >= 11 is 0. The summed E-state index contributed by atoms with van der Waals surface area (Å²) in [7, 11) is 1.72. The number of hydrogen-bond acceptors (Lipinski definition) is 5. The smallest absolute Gasteiger partial charge is 0.409 e. The Balaban J connectivity index is 0.00000264. The van der Waals surface area contributed by atoms with Crippen molar-refractivity contribution in [2.45, 2.75) is 19.4 Å². The number of rotatable bonds is 6. The zero-order valence-corrected chi connectivity index (χ0v) is 13.9. The van der Waals surface area contributed by atoms with Crippen LogP contribution in [0.1, 0.15) is 18.4 Å². The number of non-ortho nitro benzene ring substituents is 1. The van der Waals surface area contributed by atoms with E-state index in [1.54, 1.807) is 24.1 Å². The minimum atomic E-state index is -0.457. The van der Waals surface area contributed by atoms with Crippen molar-refractivity contribution >= 4 is 24.2 Å². The summed E-state index contributed by atoms with van der Waals surface area (Å²) in [5.41, 5.74) is 0.754. The van der Waals surface area contributed by atoms with Crippen molar-refractivity contribution in [2.24, 2.45) is 5.92 Å². The van der Waals surface area contributed by atoms with E-state index >= 15 is 0 Å². The van der Waals surface area contributed by atoms with E-state index in [0.29, 0.717) is 12.5 Å². The second-order valence-corrected chi connectivity index (χ2v) is 5.55. The quantitative estimate of drug-likeness (QED) is 0.634. The van der Waals surface area contributed by atoms with Crippen LogP contribution >= 0.6 is 12.4 Å². The number of nitro benzene ring substituents is 1. The lowest BCUT2D eigenvalue weighted by Crippen LogP contribution is -2.29. The highest BCUT2D eigenvalue weighted by atomic mass is 35.5. The first-order valence-electron chi connectivity index (χ1n) is 7.38. The SMILES string of the molecule is CN(CC[C@H]1CCNC1)C(=O)OCc1ccc([N+](=O)[O-])cc1.Cl. The van der Waals surface area contributed by atoms with Gasteiger partial charge in [0.25, 0.3) is 5.69 Å². The average Bonchev–Trinajstić information content (AvgIpc) is 3.04. The van der Waals surface area contributed by atoms with Crippen LogP contribution in [0.25, 0.3) is 0 Å². The van der Waals surface area contributed by atoms with Crippen LogP contribution in [0.3, 0.4) is 0 Å². The van der Waals surface area contributed by atoms with E-state index < -0.39 is 4.92 Å². The number of ether oxygens (including phenoxy) is 1. The molecule has 128 valence electrons. The molecule has 1 atom stereocenters. The van der Waals surface area contributed by atoms with Gasteiger partial charge >= 0.3 is 6.09 Å². The monoisotopic (exact) mass is 343 g/mol. The Hall–Kier alpha value is -1.86. The van der Waals surface area contributed by atoms with Crippen molar-refractivity contribution in [2.75, 3.05) is 26.7 Å². The molecular weight excluding hydrogens is 322 g/mol. The molecule has 0 saturated carbocycles. The number of nitro groups is 1. The summed E-state index contributed by atoms with van der Waals surface area (Å²) in [6.07, 6.45) is 1.76. The Morgan fingerprint density at radius 3 is 2.70 bits per heavy atom. The van der Waals surface area contributed by atoms with Gasteiger partial charge in [-0.1, -0.05) is 0 Å². The fraction of sp³-hybridized carbons (Fsp3) is 0.533. The van der Waals surface area contributed by atoms with Gasteiger partial charge < -0.3 is 15.0 Å². The fourth-order valence-electron chi connectivity index (χ4n) is 2.40. The number of nitrogens with one attached hydrogen (secondary N) is 1. The highest BCUT2D eigenvalue weighted by molar-refractivity contribution is 5.85. The second-order valence-electron chi connectivity index (χ2n) is 5.55. The van der Waals surface area contributed by atoms with Crippen LogP contribution in [0, 0.1) is 16.0 Å². The number of amides is 1. The third-order valence-corrected chi connectivity index (χ3v) is 3.86. The highest BCUT2D eigenvalue weighted by Gasteiger charge is 2.17. The Morgan fingerprint density at radius 2 is 2.13 bits per heavy atom. The molecule has 1 heterocycles. The predicted octanol–water partition coefficient (Wildman–Crippen LogP) is 2.58. The number of halogens is 1. The molecule has 2 rings (SSSR count). The minimum absolute atomic E-state index is 0. The molecule has 7 nitrogen and oxygen atoms in total. The van der Waals surface area contributed by atoms with Gasteiger partial charge in [-0.25, -0.2) is 4.79 Å². The second kappa shape index (κ2) is 9.32. The van der Waals surface area contributed by atoms with Gasteiger partial charge in [0.1, 0.15) is 6.61 Å². The van der Waals surface area contributed by atoms with Gasteiger partial charge in [-0.05, 0) is 49.5 Å². The maximum Gasteiger partial charge on any atom is 0.409 e. The van der Waals surface area contributed by atoms with Crippen molar-refractivity contribution in [1.29, 1.82) is 0 Å². The van der Waals surface area contributed by atoms with Gasteiger partial charge in [-0.15, -0.1) is 12.4 Å². The first-order valence-corrected chi connectivity index (χ1v) is 7.38. The van der Waals surface area contributed by atoms with E-state index in [0.717, 1.165) is 31.5 Å². The van der Waals surface area contributed by atoms with E-state index in [1.807, 2.05) is 0 Å². The third-order valence-electron chi connectivity index (χ3n) is 3.86. The molecule has 0 unspecified atom stereocenters. The first-order chi connectivity index (χ1) is 10.6. The number of carbonyl (C=O) groups excluding carboxylic acids is 1. The normalized spacial score (nSPS) is 16.5. The fourth-order valence-corrected chi connectivity index (χ4v) is 2.40. The largest absolute Gasteiger partial charge is 0.445 e. The molecule has 8 heteroatoms. The molecule has 1 aromatic carbocycles. The Bertz CT molecular complexity index is 518. The standard InChI is InChI=1S/C15H21N3O4.ClH/c1-17(9-7-12-6-8-16-10-12)15(19)22-11-13-2-4-14(5-3-13)18(20)21;/h2-5,12,16H,6-11H2,1H3;1H/t12-;/m1./s1. The summed E-state index contributed by atoms with van der Waals surface area (Å²) in [5.74, 6) is 0.630. The molecule has 0 aliphatic carbocycles. The van der Waals surface area contributed by atoms with Crippen LogP contribution in [0.2, 0.25) is 0 Å². The first kappa shape index (κ1) is 19.2. The summed E-state index contributed by atoms with van der Waals surface area (Å²) in [6, 6.07) is 5.99. The summed E-state index contributed by atoms with van der Waals surface area (Å²) < 4.78 is 5.21. The van der Waals surface area contributed by atoms with E-state index in [2.05, 4.69) is 5.32 Å².